The predicted octanol–water partition coefficient (Wildman–Crippen LogP) is 2.50. The molecular weight excluding hydrogens is 204 g/mol. The third-order valence-electron chi connectivity index (χ3n) is 2.47. The second kappa shape index (κ2) is 4.94. The van der Waals surface area contributed by atoms with E-state index in [1.807, 2.05) is 25.1 Å². The van der Waals surface area contributed by atoms with Crippen molar-refractivity contribution in [3.8, 4) is 0 Å². The average Bonchev–Trinajstić information content (AvgIpc) is 2.25. The van der Waals surface area contributed by atoms with E-state index in [4.69, 9.17) is 4.74 Å². The van der Waals surface area contributed by atoms with E-state index in [1.165, 1.54) is 6.08 Å². The minimum absolute atomic E-state index is 0.205. The van der Waals surface area contributed by atoms with Crippen LogP contribution in [0.15, 0.2) is 36.9 Å². The maximum atomic E-state index is 11.3. The zero-order valence-corrected chi connectivity index (χ0v) is 9.56. The number of benzene rings is 1. The number of carboxylic acid groups (broad SMARTS) is 1. The Morgan fingerprint density at radius 1 is 1.62 bits per heavy atom. The maximum absolute atomic E-state index is 11.3. The molecule has 1 atom stereocenters. The summed E-state index contributed by atoms with van der Waals surface area (Å²) in [6.45, 7) is 7.19. The van der Waals surface area contributed by atoms with Crippen LogP contribution in [-0.2, 0) is 15.1 Å². The Morgan fingerprint density at radius 2 is 2.31 bits per heavy atom. The van der Waals surface area contributed by atoms with E-state index in [0.29, 0.717) is 5.56 Å². The van der Waals surface area contributed by atoms with Gasteiger partial charge in [0.1, 0.15) is 0 Å². The van der Waals surface area contributed by atoms with Gasteiger partial charge in [0.15, 0.2) is 5.60 Å². The van der Waals surface area contributed by atoms with Gasteiger partial charge in [-0.1, -0.05) is 35.9 Å². The summed E-state index contributed by atoms with van der Waals surface area (Å²) in [4.78, 5) is 11.3. The molecule has 0 heterocycles. The molecule has 3 heteroatoms. The largest absolute Gasteiger partial charge is 0.479 e. The first-order valence-electron chi connectivity index (χ1n) is 5.06. The van der Waals surface area contributed by atoms with Crippen LogP contribution in [0, 0.1) is 6.92 Å². The zero-order chi connectivity index (χ0) is 12.2. The second-order valence-corrected chi connectivity index (χ2v) is 3.81. The molecule has 0 bridgehead atoms. The number of carboxylic acids is 1. The molecule has 1 unspecified atom stereocenters. The average molecular weight is 220 g/mol. The summed E-state index contributed by atoms with van der Waals surface area (Å²) < 4.78 is 5.36. The quantitative estimate of drug-likeness (QED) is 0.775. The fraction of sp³-hybridized carbons (Fsp3) is 0.308. The predicted molar refractivity (Wildman–Crippen MR) is 62.3 cm³/mol. The lowest BCUT2D eigenvalue weighted by Crippen LogP contribution is -2.35. The molecule has 0 fully saturated rings. The zero-order valence-electron chi connectivity index (χ0n) is 9.56. The van der Waals surface area contributed by atoms with E-state index in [2.05, 4.69) is 6.58 Å². The van der Waals surface area contributed by atoms with Gasteiger partial charge in [-0.2, -0.15) is 0 Å². The smallest absolute Gasteiger partial charge is 0.340 e. The topological polar surface area (TPSA) is 46.5 Å². The molecule has 1 rings (SSSR count). The van der Waals surface area contributed by atoms with Crippen LogP contribution >= 0.6 is 0 Å². The Morgan fingerprint density at radius 3 is 2.81 bits per heavy atom. The Hall–Kier alpha value is -1.61. The molecule has 86 valence electrons. The van der Waals surface area contributed by atoms with Crippen molar-refractivity contribution in [2.75, 3.05) is 6.61 Å². The summed E-state index contributed by atoms with van der Waals surface area (Å²) in [6, 6.07) is 7.31. The van der Waals surface area contributed by atoms with Crippen molar-refractivity contribution in [2.45, 2.75) is 19.4 Å². The van der Waals surface area contributed by atoms with Crippen molar-refractivity contribution < 1.29 is 14.6 Å². The van der Waals surface area contributed by atoms with E-state index in [-0.39, 0.29) is 6.61 Å². The van der Waals surface area contributed by atoms with E-state index in [0.717, 1.165) is 5.56 Å². The summed E-state index contributed by atoms with van der Waals surface area (Å²) in [5, 5.41) is 9.24. The summed E-state index contributed by atoms with van der Waals surface area (Å²) in [5.74, 6) is -1.00. The van der Waals surface area contributed by atoms with E-state index in [9.17, 15) is 9.90 Å². The summed E-state index contributed by atoms with van der Waals surface area (Å²) in [5.41, 5.74) is 0.328. The fourth-order valence-corrected chi connectivity index (χ4v) is 1.44. The Balaban J connectivity index is 3.10. The lowest BCUT2D eigenvalue weighted by atomic mass is 9.94. The highest BCUT2D eigenvalue weighted by Gasteiger charge is 2.36. The van der Waals surface area contributed by atoms with Gasteiger partial charge in [-0.05, 0) is 19.4 Å². The first-order valence-corrected chi connectivity index (χ1v) is 5.06. The summed E-state index contributed by atoms with van der Waals surface area (Å²) in [7, 11) is 0. The van der Waals surface area contributed by atoms with Crippen molar-refractivity contribution in [3.63, 3.8) is 0 Å². The van der Waals surface area contributed by atoms with Crippen molar-refractivity contribution in [1.82, 2.24) is 0 Å². The van der Waals surface area contributed by atoms with E-state index < -0.39 is 11.6 Å². The Bertz CT molecular complexity index is 398. The highest BCUT2D eigenvalue weighted by atomic mass is 16.5. The SMILES string of the molecule is C=CCOC(C)(C(=O)O)c1cccc(C)c1. The molecular formula is C13H16O3. The number of aryl methyl sites for hydroxylation is 1. The highest BCUT2D eigenvalue weighted by molar-refractivity contribution is 5.79. The molecule has 1 N–H and O–H groups in total. The van der Waals surface area contributed by atoms with Crippen LogP contribution in [-0.4, -0.2) is 17.7 Å². The van der Waals surface area contributed by atoms with Gasteiger partial charge in [-0.25, -0.2) is 4.79 Å². The first-order chi connectivity index (χ1) is 7.50. The first kappa shape index (κ1) is 12.5. The molecule has 1 aromatic rings. The number of rotatable bonds is 5. The lowest BCUT2D eigenvalue weighted by Gasteiger charge is -2.25. The molecule has 0 amide bonds. The normalized spacial score (nSPS) is 14.1. The fourth-order valence-electron chi connectivity index (χ4n) is 1.44. The molecule has 0 aliphatic rings. The van der Waals surface area contributed by atoms with Crippen LogP contribution < -0.4 is 0 Å². The standard InChI is InChI=1S/C13H16O3/c1-4-8-16-13(3,12(14)15)11-7-5-6-10(2)9-11/h4-7,9H,1,8H2,2-3H3,(H,14,15). The molecule has 0 saturated heterocycles. The minimum atomic E-state index is -1.32. The number of hydrogen-bond acceptors (Lipinski definition) is 2. The van der Waals surface area contributed by atoms with Gasteiger partial charge in [0.25, 0.3) is 0 Å². The third-order valence-corrected chi connectivity index (χ3v) is 2.47. The Labute approximate surface area is 95.4 Å². The van der Waals surface area contributed by atoms with Crippen LogP contribution in [0.4, 0.5) is 0 Å². The molecule has 0 aliphatic carbocycles. The number of ether oxygens (including phenoxy) is 1. The van der Waals surface area contributed by atoms with Crippen LogP contribution in [0.2, 0.25) is 0 Å². The van der Waals surface area contributed by atoms with Crippen molar-refractivity contribution in [2.24, 2.45) is 0 Å². The minimum Gasteiger partial charge on any atom is -0.479 e. The lowest BCUT2D eigenvalue weighted by molar-refractivity contribution is -0.163. The second-order valence-electron chi connectivity index (χ2n) is 3.81. The molecule has 1 aromatic carbocycles. The van der Waals surface area contributed by atoms with E-state index >= 15 is 0 Å². The molecule has 0 aliphatic heterocycles. The number of aliphatic carboxylic acids is 1. The van der Waals surface area contributed by atoms with Crippen molar-refractivity contribution in [1.29, 1.82) is 0 Å². The maximum Gasteiger partial charge on any atom is 0.340 e. The van der Waals surface area contributed by atoms with Gasteiger partial charge in [0.2, 0.25) is 0 Å². The van der Waals surface area contributed by atoms with Gasteiger partial charge in [0, 0.05) is 0 Å². The number of carbonyl (C=O) groups is 1. The molecule has 0 aromatic heterocycles. The van der Waals surface area contributed by atoms with Crippen LogP contribution in [0.25, 0.3) is 0 Å². The molecule has 3 nitrogen and oxygen atoms in total. The van der Waals surface area contributed by atoms with Gasteiger partial charge in [-0.3, -0.25) is 0 Å². The summed E-state index contributed by atoms with van der Waals surface area (Å²) >= 11 is 0. The molecule has 0 spiro atoms. The van der Waals surface area contributed by atoms with Crippen molar-refractivity contribution in [3.05, 3.63) is 48.0 Å². The van der Waals surface area contributed by atoms with Crippen LogP contribution in [0.1, 0.15) is 18.1 Å². The van der Waals surface area contributed by atoms with Crippen LogP contribution in [0.5, 0.6) is 0 Å². The Kier molecular flexibility index (Phi) is 3.85. The molecule has 16 heavy (non-hydrogen) atoms. The molecule has 0 saturated carbocycles. The van der Waals surface area contributed by atoms with Gasteiger partial charge < -0.3 is 9.84 Å². The third kappa shape index (κ3) is 2.49. The van der Waals surface area contributed by atoms with Crippen LogP contribution in [0.3, 0.4) is 0 Å². The van der Waals surface area contributed by atoms with Gasteiger partial charge in [-0.15, -0.1) is 6.58 Å². The van der Waals surface area contributed by atoms with Crippen molar-refractivity contribution >= 4 is 5.97 Å². The van der Waals surface area contributed by atoms with E-state index in [1.54, 1.807) is 13.0 Å². The highest BCUT2D eigenvalue weighted by Crippen LogP contribution is 2.26. The monoisotopic (exact) mass is 220 g/mol. The van der Waals surface area contributed by atoms with Gasteiger partial charge in [0.05, 0.1) is 6.61 Å². The molecule has 0 radical (unpaired) electrons. The van der Waals surface area contributed by atoms with Gasteiger partial charge >= 0.3 is 5.97 Å². The summed E-state index contributed by atoms with van der Waals surface area (Å²) in [6.07, 6.45) is 1.54. The number of hydrogen-bond donors (Lipinski definition) is 1.